The summed E-state index contributed by atoms with van der Waals surface area (Å²) in [5.41, 5.74) is -0.195. The number of ether oxygens (including phenoxy) is 1. The maximum atomic E-state index is 11.7. The van der Waals surface area contributed by atoms with Crippen molar-refractivity contribution in [2.24, 2.45) is 18.9 Å². The molecule has 1 N–H and O–H groups in total. The highest BCUT2D eigenvalue weighted by atomic mass is 16.5. The first-order valence-corrected chi connectivity index (χ1v) is 6.12. The minimum Gasteiger partial charge on any atom is -0.381 e. The topological polar surface area (TPSA) is 78.2 Å². The Bertz CT molecular complexity index is 511. The molecular formula is C11H16N4O3. The van der Waals surface area contributed by atoms with Gasteiger partial charge < -0.3 is 10.1 Å². The van der Waals surface area contributed by atoms with Gasteiger partial charge in [-0.2, -0.15) is 5.10 Å². The third kappa shape index (κ3) is 1.94. The highest BCUT2D eigenvalue weighted by Crippen LogP contribution is 2.44. The van der Waals surface area contributed by atoms with Crippen molar-refractivity contribution in [2.45, 2.75) is 19.0 Å². The van der Waals surface area contributed by atoms with Crippen LogP contribution in [0.3, 0.4) is 0 Å². The minimum absolute atomic E-state index is 0.0213. The van der Waals surface area contributed by atoms with Crippen molar-refractivity contribution in [3.05, 3.63) is 16.8 Å². The van der Waals surface area contributed by atoms with Crippen LogP contribution in [0.5, 0.6) is 0 Å². The van der Waals surface area contributed by atoms with Gasteiger partial charge in [0.1, 0.15) is 6.33 Å². The Morgan fingerprint density at radius 1 is 1.56 bits per heavy atom. The number of carbonyl (C=O) groups is 1. The number of fused-ring (bicyclic) bond motifs is 1. The summed E-state index contributed by atoms with van der Waals surface area (Å²) in [7, 11) is 1.64. The molecule has 7 heteroatoms. The summed E-state index contributed by atoms with van der Waals surface area (Å²) in [6.45, 7) is 1.84. The van der Waals surface area contributed by atoms with Crippen LogP contribution in [0.25, 0.3) is 0 Å². The molecule has 1 aliphatic heterocycles. The molecule has 2 heterocycles. The second-order valence-electron chi connectivity index (χ2n) is 4.96. The van der Waals surface area contributed by atoms with Gasteiger partial charge in [-0.1, -0.05) is 0 Å². The summed E-state index contributed by atoms with van der Waals surface area (Å²) >= 11 is 0. The van der Waals surface area contributed by atoms with Crippen LogP contribution in [0.2, 0.25) is 0 Å². The number of rotatable bonds is 4. The molecule has 1 amide bonds. The third-order valence-electron chi connectivity index (χ3n) is 3.72. The summed E-state index contributed by atoms with van der Waals surface area (Å²) in [6, 6.07) is 0.284. The summed E-state index contributed by atoms with van der Waals surface area (Å²) in [6.07, 6.45) is 1.73. The Morgan fingerprint density at radius 2 is 2.28 bits per heavy atom. The predicted molar refractivity (Wildman–Crippen MR) is 61.8 cm³/mol. The van der Waals surface area contributed by atoms with Crippen LogP contribution >= 0.6 is 0 Å². The van der Waals surface area contributed by atoms with E-state index in [2.05, 4.69) is 10.4 Å². The smallest absolute Gasteiger partial charge is 0.345 e. The molecule has 1 saturated heterocycles. The average molecular weight is 252 g/mol. The number of hydrogen-bond acceptors (Lipinski definition) is 4. The van der Waals surface area contributed by atoms with Crippen molar-refractivity contribution < 1.29 is 9.53 Å². The molecule has 98 valence electrons. The molecule has 18 heavy (non-hydrogen) atoms. The van der Waals surface area contributed by atoms with Gasteiger partial charge in [0, 0.05) is 31.3 Å². The van der Waals surface area contributed by atoms with E-state index in [0.717, 1.165) is 13.2 Å². The molecule has 1 unspecified atom stereocenters. The molecule has 2 fully saturated rings. The SMILES string of the molecule is Cn1cnn(CCC(=O)NC2[C@H]3COC[C@@H]23)c1=O. The lowest BCUT2D eigenvalue weighted by atomic mass is 10.3. The number of amides is 1. The van der Waals surface area contributed by atoms with Crippen LogP contribution in [0.4, 0.5) is 0 Å². The maximum absolute atomic E-state index is 11.7. The van der Waals surface area contributed by atoms with E-state index in [4.69, 9.17) is 4.74 Å². The highest BCUT2D eigenvalue weighted by Gasteiger charge is 2.54. The molecule has 3 atom stereocenters. The van der Waals surface area contributed by atoms with Gasteiger partial charge in [-0.15, -0.1) is 0 Å². The van der Waals surface area contributed by atoms with Gasteiger partial charge >= 0.3 is 5.69 Å². The van der Waals surface area contributed by atoms with Crippen LogP contribution in [0.1, 0.15) is 6.42 Å². The van der Waals surface area contributed by atoms with E-state index in [9.17, 15) is 9.59 Å². The molecular weight excluding hydrogens is 236 g/mol. The fraction of sp³-hybridized carbons (Fsp3) is 0.727. The normalized spacial score (nSPS) is 29.1. The first-order valence-electron chi connectivity index (χ1n) is 6.12. The van der Waals surface area contributed by atoms with Crippen molar-refractivity contribution in [2.75, 3.05) is 13.2 Å². The van der Waals surface area contributed by atoms with Crippen molar-refractivity contribution in [3.63, 3.8) is 0 Å². The second-order valence-corrected chi connectivity index (χ2v) is 4.96. The van der Waals surface area contributed by atoms with Gasteiger partial charge in [0.15, 0.2) is 0 Å². The van der Waals surface area contributed by atoms with Crippen LogP contribution in [-0.2, 0) is 23.1 Å². The maximum Gasteiger partial charge on any atom is 0.345 e. The molecule has 1 aromatic heterocycles. The lowest BCUT2D eigenvalue weighted by molar-refractivity contribution is -0.121. The minimum atomic E-state index is -0.195. The monoisotopic (exact) mass is 252 g/mol. The number of hydrogen-bond donors (Lipinski definition) is 1. The zero-order chi connectivity index (χ0) is 12.7. The molecule has 3 rings (SSSR count). The van der Waals surface area contributed by atoms with E-state index in [1.165, 1.54) is 15.6 Å². The van der Waals surface area contributed by atoms with Crippen LogP contribution in [0.15, 0.2) is 11.1 Å². The molecule has 1 aliphatic carbocycles. The zero-order valence-electron chi connectivity index (χ0n) is 10.2. The molecule has 0 spiro atoms. The Balaban J connectivity index is 1.47. The molecule has 1 aromatic rings. The third-order valence-corrected chi connectivity index (χ3v) is 3.72. The fourth-order valence-electron chi connectivity index (χ4n) is 2.49. The van der Waals surface area contributed by atoms with E-state index in [1.807, 2.05) is 0 Å². The molecule has 0 bridgehead atoms. The Kier molecular flexibility index (Phi) is 2.70. The van der Waals surface area contributed by atoms with Crippen molar-refractivity contribution in [1.29, 1.82) is 0 Å². The molecule has 1 saturated carbocycles. The van der Waals surface area contributed by atoms with Gasteiger partial charge in [0.2, 0.25) is 5.91 Å². The fourth-order valence-corrected chi connectivity index (χ4v) is 2.49. The van der Waals surface area contributed by atoms with Crippen LogP contribution in [0, 0.1) is 11.8 Å². The molecule has 2 aliphatic rings. The lowest BCUT2D eigenvalue weighted by Crippen LogP contribution is -2.32. The van der Waals surface area contributed by atoms with Gasteiger partial charge in [-0.25, -0.2) is 9.48 Å². The summed E-state index contributed by atoms with van der Waals surface area (Å²) in [5.74, 6) is 0.991. The van der Waals surface area contributed by atoms with Crippen molar-refractivity contribution in [3.8, 4) is 0 Å². The number of aromatic nitrogens is 3. The van der Waals surface area contributed by atoms with E-state index < -0.39 is 0 Å². The van der Waals surface area contributed by atoms with Crippen molar-refractivity contribution >= 4 is 5.91 Å². The predicted octanol–water partition coefficient (Wildman–Crippen LogP) is -1.27. The van der Waals surface area contributed by atoms with E-state index in [-0.39, 0.29) is 24.1 Å². The van der Waals surface area contributed by atoms with Gasteiger partial charge in [-0.05, 0) is 0 Å². The van der Waals surface area contributed by atoms with Gasteiger partial charge in [0.05, 0.1) is 19.8 Å². The quantitative estimate of drug-likeness (QED) is 0.725. The molecule has 0 radical (unpaired) electrons. The lowest BCUT2D eigenvalue weighted by Gasteiger charge is -2.07. The Hall–Kier alpha value is -1.63. The van der Waals surface area contributed by atoms with Crippen molar-refractivity contribution in [1.82, 2.24) is 19.7 Å². The first kappa shape index (κ1) is 11.5. The van der Waals surface area contributed by atoms with E-state index in [1.54, 1.807) is 7.05 Å². The summed E-state index contributed by atoms with van der Waals surface area (Å²) in [5, 5.41) is 6.89. The summed E-state index contributed by atoms with van der Waals surface area (Å²) in [4.78, 5) is 23.2. The van der Waals surface area contributed by atoms with Crippen LogP contribution < -0.4 is 11.0 Å². The summed E-state index contributed by atoms with van der Waals surface area (Å²) < 4.78 is 7.95. The van der Waals surface area contributed by atoms with Gasteiger partial charge in [-0.3, -0.25) is 9.36 Å². The number of nitrogens with zero attached hydrogens (tertiary/aromatic N) is 3. The number of nitrogens with one attached hydrogen (secondary N) is 1. The zero-order valence-corrected chi connectivity index (χ0v) is 10.2. The molecule has 7 nitrogen and oxygen atoms in total. The second kappa shape index (κ2) is 4.24. The first-order chi connectivity index (χ1) is 8.66. The van der Waals surface area contributed by atoms with Crippen LogP contribution in [-0.4, -0.2) is 39.5 Å². The Labute approximate surface area is 104 Å². The van der Waals surface area contributed by atoms with E-state index in [0.29, 0.717) is 18.4 Å². The van der Waals surface area contributed by atoms with E-state index >= 15 is 0 Å². The average Bonchev–Trinajstić information content (AvgIpc) is 2.73. The number of carbonyl (C=O) groups excluding carboxylic acids is 1. The number of aryl methyl sites for hydroxylation is 2. The molecule has 0 aromatic carbocycles. The standard InChI is InChI=1S/C11H16N4O3/c1-14-6-12-15(11(14)17)3-2-9(16)13-10-7-4-18-5-8(7)10/h6-8,10H,2-5H2,1H3,(H,13,16)/t7-,8+,10?. The Morgan fingerprint density at radius 3 is 2.89 bits per heavy atom. The highest BCUT2D eigenvalue weighted by molar-refractivity contribution is 5.76. The van der Waals surface area contributed by atoms with Gasteiger partial charge in [0.25, 0.3) is 0 Å². The largest absolute Gasteiger partial charge is 0.381 e.